The Hall–Kier alpha value is -1.80. The van der Waals surface area contributed by atoms with Crippen LogP contribution in [0.1, 0.15) is 42.7 Å². The van der Waals surface area contributed by atoms with Crippen LogP contribution in [0.25, 0.3) is 0 Å². The minimum absolute atomic E-state index is 0.439. The third-order valence-corrected chi connectivity index (χ3v) is 4.60. The monoisotopic (exact) mass is 296 g/mol. The molecule has 0 saturated heterocycles. The van der Waals surface area contributed by atoms with Gasteiger partial charge >= 0.3 is 0 Å². The van der Waals surface area contributed by atoms with Crippen molar-refractivity contribution >= 4 is 0 Å². The van der Waals surface area contributed by atoms with E-state index in [0.717, 1.165) is 18.6 Å². The van der Waals surface area contributed by atoms with Gasteiger partial charge in [0.1, 0.15) is 12.4 Å². The van der Waals surface area contributed by atoms with Crippen LogP contribution in [0.3, 0.4) is 0 Å². The molecule has 1 fully saturated rings. The highest BCUT2D eigenvalue weighted by Gasteiger charge is 2.24. The van der Waals surface area contributed by atoms with Gasteiger partial charge in [-0.2, -0.15) is 0 Å². The number of hydrogen-bond acceptors (Lipinski definition) is 2. The number of hydrogen-bond donors (Lipinski definition) is 0. The Labute approximate surface area is 133 Å². The molecule has 1 aliphatic carbocycles. The van der Waals surface area contributed by atoms with Crippen molar-refractivity contribution in [1.82, 2.24) is 0 Å². The second-order valence-corrected chi connectivity index (χ2v) is 6.02. The predicted molar refractivity (Wildman–Crippen MR) is 89.2 cm³/mol. The van der Waals surface area contributed by atoms with Crippen molar-refractivity contribution in [1.29, 1.82) is 0 Å². The first kappa shape index (κ1) is 15.1. The third-order valence-electron chi connectivity index (χ3n) is 4.60. The van der Waals surface area contributed by atoms with Gasteiger partial charge in [0, 0.05) is 7.11 Å². The number of ether oxygens (including phenoxy) is 2. The van der Waals surface area contributed by atoms with Crippen molar-refractivity contribution in [2.45, 2.75) is 44.3 Å². The van der Waals surface area contributed by atoms with Gasteiger partial charge in [-0.3, -0.25) is 0 Å². The highest BCUT2D eigenvalue weighted by molar-refractivity contribution is 5.36. The zero-order valence-corrected chi connectivity index (χ0v) is 13.2. The van der Waals surface area contributed by atoms with E-state index in [9.17, 15) is 0 Å². The van der Waals surface area contributed by atoms with Crippen LogP contribution < -0.4 is 4.74 Å². The molecule has 1 saturated carbocycles. The Bertz CT molecular complexity index is 571. The quantitative estimate of drug-likeness (QED) is 0.778. The molecule has 22 heavy (non-hydrogen) atoms. The van der Waals surface area contributed by atoms with Crippen LogP contribution in [-0.2, 0) is 11.3 Å². The van der Waals surface area contributed by atoms with E-state index < -0.39 is 0 Å². The second-order valence-electron chi connectivity index (χ2n) is 6.02. The molecular weight excluding hydrogens is 272 g/mol. The van der Waals surface area contributed by atoms with Gasteiger partial charge in [-0.05, 0) is 48.8 Å². The van der Waals surface area contributed by atoms with Gasteiger partial charge in [0.15, 0.2) is 0 Å². The topological polar surface area (TPSA) is 18.5 Å². The number of rotatable bonds is 5. The SMILES string of the molecule is COC1CCC(c2ccccc2OCc2ccccc2)CC1. The molecule has 2 aromatic rings. The van der Waals surface area contributed by atoms with Gasteiger partial charge in [-0.1, -0.05) is 48.5 Å². The first-order chi connectivity index (χ1) is 10.9. The zero-order valence-electron chi connectivity index (χ0n) is 13.2. The zero-order chi connectivity index (χ0) is 15.2. The number of methoxy groups -OCH3 is 1. The summed E-state index contributed by atoms with van der Waals surface area (Å²) in [7, 11) is 1.82. The van der Waals surface area contributed by atoms with Crippen molar-refractivity contribution < 1.29 is 9.47 Å². The fraction of sp³-hybridized carbons (Fsp3) is 0.400. The predicted octanol–water partition coefficient (Wildman–Crippen LogP) is 4.94. The molecule has 3 rings (SSSR count). The summed E-state index contributed by atoms with van der Waals surface area (Å²) in [6.45, 7) is 0.630. The van der Waals surface area contributed by atoms with Crippen LogP contribution >= 0.6 is 0 Å². The summed E-state index contributed by atoms with van der Waals surface area (Å²) in [5.41, 5.74) is 2.56. The molecule has 0 amide bonds. The maximum Gasteiger partial charge on any atom is 0.123 e. The summed E-state index contributed by atoms with van der Waals surface area (Å²) in [6.07, 6.45) is 5.10. The Morgan fingerprint density at radius 2 is 1.55 bits per heavy atom. The van der Waals surface area contributed by atoms with E-state index >= 15 is 0 Å². The summed E-state index contributed by atoms with van der Waals surface area (Å²) < 4.78 is 11.6. The molecule has 0 heterocycles. The van der Waals surface area contributed by atoms with Crippen molar-refractivity contribution in [3.8, 4) is 5.75 Å². The summed E-state index contributed by atoms with van der Waals surface area (Å²) in [5, 5.41) is 0. The van der Waals surface area contributed by atoms with E-state index in [1.165, 1.54) is 24.0 Å². The van der Waals surface area contributed by atoms with Crippen LogP contribution in [0.5, 0.6) is 5.75 Å². The Balaban J connectivity index is 1.68. The largest absolute Gasteiger partial charge is 0.489 e. The molecule has 0 aromatic heterocycles. The van der Waals surface area contributed by atoms with E-state index in [4.69, 9.17) is 9.47 Å². The average Bonchev–Trinajstić information content (AvgIpc) is 2.61. The molecule has 116 valence electrons. The lowest BCUT2D eigenvalue weighted by Gasteiger charge is -2.29. The average molecular weight is 296 g/mol. The number of benzene rings is 2. The van der Waals surface area contributed by atoms with E-state index in [1.807, 2.05) is 13.2 Å². The maximum atomic E-state index is 6.10. The fourth-order valence-electron chi connectivity index (χ4n) is 3.29. The fourth-order valence-corrected chi connectivity index (χ4v) is 3.29. The van der Waals surface area contributed by atoms with Crippen LogP contribution in [-0.4, -0.2) is 13.2 Å². The smallest absolute Gasteiger partial charge is 0.123 e. The first-order valence-corrected chi connectivity index (χ1v) is 8.15. The molecular formula is C20H24O2. The lowest BCUT2D eigenvalue weighted by molar-refractivity contribution is 0.0655. The summed E-state index contributed by atoms with van der Waals surface area (Å²) in [5.74, 6) is 1.63. The van der Waals surface area contributed by atoms with Crippen LogP contribution in [0.2, 0.25) is 0 Å². The van der Waals surface area contributed by atoms with Crippen LogP contribution in [0.4, 0.5) is 0 Å². The Kier molecular flexibility index (Phi) is 5.12. The Morgan fingerprint density at radius 1 is 0.864 bits per heavy atom. The second kappa shape index (κ2) is 7.46. The molecule has 0 unspecified atom stereocenters. The van der Waals surface area contributed by atoms with E-state index in [2.05, 4.69) is 48.5 Å². The van der Waals surface area contributed by atoms with Crippen molar-refractivity contribution in [3.05, 3.63) is 65.7 Å². The lowest BCUT2D eigenvalue weighted by Crippen LogP contribution is -2.19. The molecule has 0 radical (unpaired) electrons. The highest BCUT2D eigenvalue weighted by Crippen LogP contribution is 2.38. The normalized spacial score (nSPS) is 21.5. The molecule has 0 atom stereocenters. The van der Waals surface area contributed by atoms with E-state index in [-0.39, 0.29) is 0 Å². The van der Waals surface area contributed by atoms with Gasteiger partial charge in [0.2, 0.25) is 0 Å². The molecule has 0 N–H and O–H groups in total. The van der Waals surface area contributed by atoms with Crippen molar-refractivity contribution in [2.24, 2.45) is 0 Å². The van der Waals surface area contributed by atoms with E-state index in [0.29, 0.717) is 18.6 Å². The maximum absolute atomic E-state index is 6.10. The third kappa shape index (κ3) is 3.69. The molecule has 1 aliphatic rings. The Morgan fingerprint density at radius 3 is 2.27 bits per heavy atom. The lowest BCUT2D eigenvalue weighted by atomic mass is 9.82. The highest BCUT2D eigenvalue weighted by atomic mass is 16.5. The van der Waals surface area contributed by atoms with Crippen LogP contribution in [0.15, 0.2) is 54.6 Å². The molecule has 0 bridgehead atoms. The summed E-state index contributed by atoms with van der Waals surface area (Å²) >= 11 is 0. The minimum Gasteiger partial charge on any atom is -0.489 e. The summed E-state index contributed by atoms with van der Waals surface area (Å²) in [6, 6.07) is 18.8. The molecule has 2 heteroatoms. The van der Waals surface area contributed by atoms with Gasteiger partial charge in [0.25, 0.3) is 0 Å². The summed E-state index contributed by atoms with van der Waals surface area (Å²) in [4.78, 5) is 0. The minimum atomic E-state index is 0.439. The van der Waals surface area contributed by atoms with Gasteiger partial charge < -0.3 is 9.47 Å². The van der Waals surface area contributed by atoms with Crippen molar-refractivity contribution in [3.63, 3.8) is 0 Å². The van der Waals surface area contributed by atoms with Gasteiger partial charge in [-0.15, -0.1) is 0 Å². The standard InChI is InChI=1S/C20H24O2/c1-21-18-13-11-17(12-14-18)19-9-5-6-10-20(19)22-15-16-7-3-2-4-8-16/h2-10,17-18H,11-15H2,1H3. The molecule has 0 spiro atoms. The van der Waals surface area contributed by atoms with Crippen molar-refractivity contribution in [2.75, 3.05) is 7.11 Å². The van der Waals surface area contributed by atoms with E-state index in [1.54, 1.807) is 0 Å². The van der Waals surface area contributed by atoms with Crippen LogP contribution in [0, 0.1) is 0 Å². The molecule has 2 nitrogen and oxygen atoms in total. The van der Waals surface area contributed by atoms with Gasteiger partial charge in [-0.25, -0.2) is 0 Å². The number of para-hydroxylation sites is 1. The van der Waals surface area contributed by atoms with Gasteiger partial charge in [0.05, 0.1) is 6.10 Å². The molecule has 2 aromatic carbocycles. The first-order valence-electron chi connectivity index (χ1n) is 8.15. The molecule has 0 aliphatic heterocycles.